The number of rotatable bonds is 3. The van der Waals surface area contributed by atoms with Gasteiger partial charge in [0.15, 0.2) is 0 Å². The van der Waals surface area contributed by atoms with E-state index in [2.05, 4.69) is 0 Å². The number of aromatic nitrogens is 1. The van der Waals surface area contributed by atoms with Gasteiger partial charge in [0.25, 0.3) is 11.5 Å². The summed E-state index contributed by atoms with van der Waals surface area (Å²) in [4.78, 5) is 26.2. The molecule has 1 aliphatic heterocycles. The Morgan fingerprint density at radius 1 is 1.04 bits per heavy atom. The molecule has 0 bridgehead atoms. The lowest BCUT2D eigenvalue weighted by molar-refractivity contribution is 0.0177. The quantitative estimate of drug-likeness (QED) is 0.731. The summed E-state index contributed by atoms with van der Waals surface area (Å²) in [5, 5.41) is 2.18. The van der Waals surface area contributed by atoms with Gasteiger partial charge in [0.05, 0.1) is 13.1 Å². The normalized spacial score (nSPS) is 14.3. The molecule has 1 aromatic heterocycles. The van der Waals surface area contributed by atoms with E-state index >= 15 is 0 Å². The van der Waals surface area contributed by atoms with Gasteiger partial charge in [-0.15, -0.1) is 0 Å². The van der Waals surface area contributed by atoms with Crippen molar-refractivity contribution in [3.8, 4) is 5.75 Å². The third-order valence-electron chi connectivity index (χ3n) is 4.91. The smallest absolute Gasteiger partial charge is 0.254 e. The van der Waals surface area contributed by atoms with Crippen molar-refractivity contribution in [2.45, 2.75) is 13.0 Å². The monoisotopic (exact) mass is 348 g/mol. The number of carbonyl (C=O) groups is 1. The molecular formula is C21H20N2O3. The number of fused-ring (bicyclic) bond motifs is 1. The van der Waals surface area contributed by atoms with Crippen LogP contribution in [-0.4, -0.2) is 34.6 Å². The Bertz CT molecular complexity index is 1050. The lowest BCUT2D eigenvalue weighted by atomic mass is 10.0. The van der Waals surface area contributed by atoms with E-state index in [-0.39, 0.29) is 17.6 Å². The van der Waals surface area contributed by atoms with Gasteiger partial charge in [0.2, 0.25) is 0 Å². The van der Waals surface area contributed by atoms with E-state index in [1.807, 2.05) is 55.5 Å². The topological polar surface area (TPSA) is 51.5 Å². The number of amides is 1. The standard InChI is InChI=1S/C21H20N2O3/c1-14-9-18(11-20(24)22(14)2)26-19-12-23(13-19)21(25)17-8-7-15-5-3-4-6-16(15)10-17/h3-11,19H,12-13H2,1-2H3. The Morgan fingerprint density at radius 3 is 2.50 bits per heavy atom. The lowest BCUT2D eigenvalue weighted by Crippen LogP contribution is -2.56. The second kappa shape index (κ2) is 6.33. The minimum atomic E-state index is -0.0941. The molecule has 2 aromatic carbocycles. The first-order valence-corrected chi connectivity index (χ1v) is 8.64. The van der Waals surface area contributed by atoms with Crippen molar-refractivity contribution in [1.82, 2.24) is 9.47 Å². The van der Waals surface area contributed by atoms with Crippen LogP contribution in [-0.2, 0) is 7.05 Å². The van der Waals surface area contributed by atoms with Gasteiger partial charge in [0, 0.05) is 24.4 Å². The maximum Gasteiger partial charge on any atom is 0.254 e. The van der Waals surface area contributed by atoms with Crippen LogP contribution in [0, 0.1) is 6.92 Å². The molecule has 1 aliphatic rings. The molecule has 0 radical (unpaired) electrons. The van der Waals surface area contributed by atoms with Gasteiger partial charge < -0.3 is 14.2 Å². The molecule has 4 rings (SSSR count). The lowest BCUT2D eigenvalue weighted by Gasteiger charge is -2.39. The van der Waals surface area contributed by atoms with Gasteiger partial charge in [-0.1, -0.05) is 30.3 Å². The summed E-state index contributed by atoms with van der Waals surface area (Å²) >= 11 is 0. The SMILES string of the molecule is Cc1cc(OC2CN(C(=O)c3ccc4ccccc4c3)C2)cc(=O)n1C. The number of ether oxygens (including phenoxy) is 1. The van der Waals surface area contributed by atoms with E-state index < -0.39 is 0 Å². The van der Waals surface area contributed by atoms with Crippen molar-refractivity contribution < 1.29 is 9.53 Å². The van der Waals surface area contributed by atoms with Crippen molar-refractivity contribution in [3.05, 3.63) is 76.2 Å². The average Bonchev–Trinajstić information content (AvgIpc) is 2.61. The third kappa shape index (κ3) is 2.96. The van der Waals surface area contributed by atoms with Crippen molar-refractivity contribution in [3.63, 3.8) is 0 Å². The van der Waals surface area contributed by atoms with Crippen molar-refractivity contribution in [2.75, 3.05) is 13.1 Å². The predicted octanol–water partition coefficient (Wildman–Crippen LogP) is 2.75. The fourth-order valence-corrected chi connectivity index (χ4v) is 3.18. The molecule has 26 heavy (non-hydrogen) atoms. The number of likely N-dealkylation sites (tertiary alicyclic amines) is 1. The summed E-state index contributed by atoms with van der Waals surface area (Å²) in [7, 11) is 1.73. The van der Waals surface area contributed by atoms with Crippen LogP contribution in [0.5, 0.6) is 5.75 Å². The van der Waals surface area contributed by atoms with E-state index in [9.17, 15) is 9.59 Å². The summed E-state index contributed by atoms with van der Waals surface area (Å²) in [5.74, 6) is 0.573. The van der Waals surface area contributed by atoms with Gasteiger partial charge >= 0.3 is 0 Å². The summed E-state index contributed by atoms with van der Waals surface area (Å²) in [6.45, 7) is 2.92. The number of hydrogen-bond acceptors (Lipinski definition) is 3. The first-order chi connectivity index (χ1) is 12.5. The predicted molar refractivity (Wildman–Crippen MR) is 101 cm³/mol. The van der Waals surface area contributed by atoms with Crippen molar-refractivity contribution in [2.24, 2.45) is 7.05 Å². The van der Waals surface area contributed by atoms with Gasteiger partial charge in [-0.05, 0) is 35.9 Å². The highest BCUT2D eigenvalue weighted by molar-refractivity contribution is 5.99. The molecule has 5 heteroatoms. The number of hydrogen-bond donors (Lipinski definition) is 0. The average molecular weight is 348 g/mol. The largest absolute Gasteiger partial charge is 0.486 e. The first-order valence-electron chi connectivity index (χ1n) is 8.64. The zero-order valence-electron chi connectivity index (χ0n) is 14.8. The molecular weight excluding hydrogens is 328 g/mol. The van der Waals surface area contributed by atoms with Gasteiger partial charge in [-0.3, -0.25) is 9.59 Å². The molecule has 0 N–H and O–H groups in total. The number of benzene rings is 2. The van der Waals surface area contributed by atoms with Gasteiger partial charge in [0.1, 0.15) is 11.9 Å². The van der Waals surface area contributed by atoms with Gasteiger partial charge in [-0.25, -0.2) is 0 Å². The first kappa shape index (κ1) is 16.4. The zero-order chi connectivity index (χ0) is 18.3. The van der Waals surface area contributed by atoms with Crippen LogP contribution < -0.4 is 10.3 Å². The minimum Gasteiger partial charge on any atom is -0.486 e. The molecule has 1 saturated heterocycles. The van der Waals surface area contributed by atoms with E-state index in [4.69, 9.17) is 4.74 Å². The molecule has 3 aromatic rings. The number of carbonyl (C=O) groups excluding carboxylic acids is 1. The fourth-order valence-electron chi connectivity index (χ4n) is 3.18. The molecule has 5 nitrogen and oxygen atoms in total. The van der Waals surface area contributed by atoms with E-state index in [1.165, 1.54) is 6.07 Å². The molecule has 1 fully saturated rings. The second-order valence-electron chi connectivity index (χ2n) is 6.74. The van der Waals surface area contributed by atoms with E-state index in [0.29, 0.717) is 24.4 Å². The molecule has 0 unspecified atom stereocenters. The third-order valence-corrected chi connectivity index (χ3v) is 4.91. The Morgan fingerprint density at radius 2 is 1.77 bits per heavy atom. The number of pyridine rings is 1. The van der Waals surface area contributed by atoms with Crippen LogP contribution in [0.2, 0.25) is 0 Å². The summed E-state index contributed by atoms with van der Waals surface area (Å²) in [5.41, 5.74) is 1.44. The maximum absolute atomic E-state index is 12.6. The highest BCUT2D eigenvalue weighted by Crippen LogP contribution is 2.22. The summed E-state index contributed by atoms with van der Waals surface area (Å²) in [6, 6.07) is 17.1. The van der Waals surface area contributed by atoms with Crippen LogP contribution in [0.1, 0.15) is 16.1 Å². The zero-order valence-corrected chi connectivity index (χ0v) is 14.8. The highest BCUT2D eigenvalue weighted by Gasteiger charge is 2.33. The second-order valence-corrected chi connectivity index (χ2v) is 6.74. The molecule has 132 valence electrons. The van der Waals surface area contributed by atoms with E-state index in [1.54, 1.807) is 16.5 Å². The number of nitrogens with zero attached hydrogens (tertiary/aromatic N) is 2. The molecule has 0 spiro atoms. The van der Waals surface area contributed by atoms with Crippen LogP contribution in [0.15, 0.2) is 59.4 Å². The van der Waals surface area contributed by atoms with Crippen molar-refractivity contribution in [1.29, 1.82) is 0 Å². The number of aryl methyl sites for hydroxylation is 1. The Labute approximate surface area is 151 Å². The minimum absolute atomic E-state index is 0.00996. The molecule has 0 aliphatic carbocycles. The fraction of sp³-hybridized carbons (Fsp3) is 0.238. The van der Waals surface area contributed by atoms with Crippen molar-refractivity contribution >= 4 is 16.7 Å². The van der Waals surface area contributed by atoms with Crippen LogP contribution in [0.25, 0.3) is 10.8 Å². The van der Waals surface area contributed by atoms with Crippen LogP contribution >= 0.6 is 0 Å². The van der Waals surface area contributed by atoms with Crippen LogP contribution in [0.4, 0.5) is 0 Å². The summed E-state index contributed by atoms with van der Waals surface area (Å²) < 4.78 is 7.42. The Balaban J connectivity index is 1.42. The molecule has 0 atom stereocenters. The highest BCUT2D eigenvalue weighted by atomic mass is 16.5. The Kier molecular flexibility index (Phi) is 3.99. The molecule has 1 amide bonds. The van der Waals surface area contributed by atoms with Gasteiger partial charge in [-0.2, -0.15) is 0 Å². The summed E-state index contributed by atoms with van der Waals surface area (Å²) in [6.07, 6.45) is -0.0779. The maximum atomic E-state index is 12.6. The van der Waals surface area contributed by atoms with E-state index in [0.717, 1.165) is 16.5 Å². The van der Waals surface area contributed by atoms with Crippen LogP contribution in [0.3, 0.4) is 0 Å². The Hall–Kier alpha value is -3.08. The molecule has 2 heterocycles. The molecule has 0 saturated carbocycles.